The number of hydrogen-bond acceptors (Lipinski definition) is 4. The molecule has 5 heteroatoms. The van der Waals surface area contributed by atoms with E-state index in [-0.39, 0.29) is 12.4 Å². The number of benzene rings is 1. The Labute approximate surface area is 118 Å². The van der Waals surface area contributed by atoms with Gasteiger partial charge in [-0.2, -0.15) is 0 Å². The monoisotopic (exact) mass is 286 g/mol. The van der Waals surface area contributed by atoms with Crippen LogP contribution in [-0.2, 0) is 14.2 Å². The lowest BCUT2D eigenvalue weighted by Crippen LogP contribution is -2.13. The molecule has 0 fully saturated rings. The Balaban J connectivity index is 2.08. The number of carbonyl (C=O) groups is 1. The van der Waals surface area contributed by atoms with Crippen LogP contribution >= 0.6 is 11.6 Å². The van der Waals surface area contributed by atoms with Crippen LogP contribution in [0.2, 0.25) is 5.02 Å². The van der Waals surface area contributed by atoms with Crippen LogP contribution in [0.15, 0.2) is 24.3 Å². The Morgan fingerprint density at radius 3 is 2.68 bits per heavy atom. The second kappa shape index (κ2) is 9.92. The number of hydrogen-bond donors (Lipinski definition) is 0. The van der Waals surface area contributed by atoms with Crippen molar-refractivity contribution in [2.45, 2.75) is 6.42 Å². The molecule has 0 atom stereocenters. The van der Waals surface area contributed by atoms with Gasteiger partial charge in [0, 0.05) is 30.9 Å². The summed E-state index contributed by atoms with van der Waals surface area (Å²) in [4.78, 5) is 11.7. The molecule has 19 heavy (non-hydrogen) atoms. The van der Waals surface area contributed by atoms with E-state index in [1.165, 1.54) is 0 Å². The predicted octanol–water partition coefficient (Wildman–Crippen LogP) is 2.59. The van der Waals surface area contributed by atoms with E-state index in [0.29, 0.717) is 37.0 Å². The predicted molar refractivity (Wildman–Crippen MR) is 73.9 cm³/mol. The normalized spacial score (nSPS) is 10.6. The van der Waals surface area contributed by atoms with Gasteiger partial charge in [-0.05, 0) is 18.6 Å². The van der Waals surface area contributed by atoms with Crippen LogP contribution < -0.4 is 0 Å². The first kappa shape index (κ1) is 16.1. The van der Waals surface area contributed by atoms with Crippen LogP contribution in [0.5, 0.6) is 0 Å². The summed E-state index contributed by atoms with van der Waals surface area (Å²) >= 11 is 5.81. The highest BCUT2D eigenvalue weighted by Gasteiger charge is 2.05. The number of ketones is 1. The van der Waals surface area contributed by atoms with E-state index in [1.54, 1.807) is 31.4 Å². The highest BCUT2D eigenvalue weighted by molar-refractivity contribution is 6.31. The molecule has 0 unspecified atom stereocenters. The van der Waals surface area contributed by atoms with Crippen molar-refractivity contribution in [1.82, 2.24) is 0 Å². The van der Waals surface area contributed by atoms with Crippen molar-refractivity contribution in [3.05, 3.63) is 34.9 Å². The lowest BCUT2D eigenvalue weighted by Gasteiger charge is -2.05. The molecule has 0 amide bonds. The zero-order chi connectivity index (χ0) is 13.9. The van der Waals surface area contributed by atoms with Crippen LogP contribution in [0.4, 0.5) is 0 Å². The van der Waals surface area contributed by atoms with Gasteiger partial charge in [0.15, 0.2) is 5.78 Å². The second-order valence-corrected chi connectivity index (χ2v) is 4.38. The van der Waals surface area contributed by atoms with Crippen molar-refractivity contribution in [3.63, 3.8) is 0 Å². The van der Waals surface area contributed by atoms with E-state index in [9.17, 15) is 4.79 Å². The molecule has 1 aromatic rings. The summed E-state index contributed by atoms with van der Waals surface area (Å²) in [6, 6.07) is 6.83. The van der Waals surface area contributed by atoms with Gasteiger partial charge >= 0.3 is 0 Å². The zero-order valence-corrected chi connectivity index (χ0v) is 11.8. The van der Waals surface area contributed by atoms with Gasteiger partial charge in [-0.1, -0.05) is 23.7 Å². The molecule has 0 saturated carbocycles. The van der Waals surface area contributed by atoms with E-state index in [1.807, 2.05) is 0 Å². The molecule has 0 aliphatic carbocycles. The Morgan fingerprint density at radius 1 is 1.16 bits per heavy atom. The number of Topliss-reactive ketones (excluding diaryl/α,β-unsaturated/α-hetero) is 1. The van der Waals surface area contributed by atoms with Crippen molar-refractivity contribution in [1.29, 1.82) is 0 Å². The van der Waals surface area contributed by atoms with Crippen LogP contribution in [0.3, 0.4) is 0 Å². The Kier molecular flexibility index (Phi) is 8.41. The molecule has 0 aromatic heterocycles. The SMILES string of the molecule is COCCCOCCOCC(=O)c1cccc(Cl)c1. The zero-order valence-electron chi connectivity index (χ0n) is 11.1. The minimum atomic E-state index is -0.0816. The van der Waals surface area contributed by atoms with E-state index in [2.05, 4.69) is 0 Å². The third-order valence-corrected chi connectivity index (χ3v) is 2.62. The largest absolute Gasteiger partial charge is 0.385 e. The third kappa shape index (κ3) is 7.28. The highest BCUT2D eigenvalue weighted by Crippen LogP contribution is 2.11. The molecule has 0 heterocycles. The number of ether oxygens (including phenoxy) is 3. The van der Waals surface area contributed by atoms with Crippen LogP contribution in [0.25, 0.3) is 0 Å². The van der Waals surface area contributed by atoms with Crippen LogP contribution in [0, 0.1) is 0 Å². The van der Waals surface area contributed by atoms with Gasteiger partial charge in [0.05, 0.1) is 13.2 Å². The standard InChI is InChI=1S/C14H19ClO4/c1-17-6-3-7-18-8-9-19-11-14(16)12-4-2-5-13(15)10-12/h2,4-5,10H,3,6-9,11H2,1H3. The third-order valence-electron chi connectivity index (χ3n) is 2.39. The summed E-state index contributed by atoms with van der Waals surface area (Å²) in [5.74, 6) is -0.0816. The smallest absolute Gasteiger partial charge is 0.188 e. The maximum absolute atomic E-state index is 11.7. The summed E-state index contributed by atoms with van der Waals surface area (Å²) in [5.41, 5.74) is 0.563. The van der Waals surface area contributed by atoms with E-state index < -0.39 is 0 Å². The number of carbonyl (C=O) groups excluding carboxylic acids is 1. The summed E-state index contributed by atoms with van der Waals surface area (Å²) in [6.07, 6.45) is 0.859. The summed E-state index contributed by atoms with van der Waals surface area (Å²) in [6.45, 7) is 2.25. The van der Waals surface area contributed by atoms with Crippen LogP contribution in [-0.4, -0.2) is 45.9 Å². The average molecular weight is 287 g/mol. The summed E-state index contributed by atoms with van der Waals surface area (Å²) < 4.78 is 15.4. The van der Waals surface area contributed by atoms with Gasteiger partial charge in [0.25, 0.3) is 0 Å². The van der Waals surface area contributed by atoms with Crippen molar-refractivity contribution in [3.8, 4) is 0 Å². The molecular weight excluding hydrogens is 268 g/mol. The molecule has 0 spiro atoms. The summed E-state index contributed by atoms with van der Waals surface area (Å²) in [5, 5.41) is 0.548. The second-order valence-electron chi connectivity index (χ2n) is 3.94. The quantitative estimate of drug-likeness (QED) is 0.490. The van der Waals surface area contributed by atoms with Gasteiger partial charge in [-0.25, -0.2) is 0 Å². The lowest BCUT2D eigenvalue weighted by molar-refractivity contribution is 0.0382. The number of halogens is 1. The van der Waals surface area contributed by atoms with Crippen molar-refractivity contribution in [2.24, 2.45) is 0 Å². The van der Waals surface area contributed by atoms with E-state index in [0.717, 1.165) is 6.42 Å². The fourth-order valence-corrected chi connectivity index (χ4v) is 1.63. The lowest BCUT2D eigenvalue weighted by atomic mass is 10.1. The van der Waals surface area contributed by atoms with Gasteiger partial charge in [-0.15, -0.1) is 0 Å². The maximum Gasteiger partial charge on any atom is 0.188 e. The first-order valence-electron chi connectivity index (χ1n) is 6.17. The molecule has 0 aliphatic rings. The Morgan fingerprint density at radius 2 is 1.95 bits per heavy atom. The Hall–Kier alpha value is -0.940. The highest BCUT2D eigenvalue weighted by atomic mass is 35.5. The number of rotatable bonds is 10. The van der Waals surface area contributed by atoms with Gasteiger partial charge in [-0.3, -0.25) is 4.79 Å². The first-order valence-corrected chi connectivity index (χ1v) is 6.55. The average Bonchev–Trinajstić information content (AvgIpc) is 2.41. The van der Waals surface area contributed by atoms with E-state index in [4.69, 9.17) is 25.8 Å². The Bertz CT molecular complexity index is 381. The molecule has 0 N–H and O–H groups in total. The molecule has 4 nitrogen and oxygen atoms in total. The van der Waals surface area contributed by atoms with Crippen molar-refractivity contribution < 1.29 is 19.0 Å². The number of methoxy groups -OCH3 is 1. The maximum atomic E-state index is 11.7. The molecule has 1 rings (SSSR count). The van der Waals surface area contributed by atoms with E-state index >= 15 is 0 Å². The topological polar surface area (TPSA) is 44.8 Å². The molecule has 1 aromatic carbocycles. The van der Waals surface area contributed by atoms with Crippen molar-refractivity contribution in [2.75, 3.05) is 40.1 Å². The molecule has 106 valence electrons. The van der Waals surface area contributed by atoms with Gasteiger partial charge in [0.2, 0.25) is 0 Å². The fourth-order valence-electron chi connectivity index (χ4n) is 1.44. The fraction of sp³-hybridized carbons (Fsp3) is 0.500. The molecule has 0 radical (unpaired) electrons. The minimum Gasteiger partial charge on any atom is -0.385 e. The van der Waals surface area contributed by atoms with Gasteiger partial charge in [0.1, 0.15) is 6.61 Å². The first-order chi connectivity index (χ1) is 9.24. The molecular formula is C14H19ClO4. The molecule has 0 bridgehead atoms. The van der Waals surface area contributed by atoms with Crippen LogP contribution in [0.1, 0.15) is 16.8 Å². The summed E-state index contributed by atoms with van der Waals surface area (Å²) in [7, 11) is 1.66. The van der Waals surface area contributed by atoms with Crippen molar-refractivity contribution >= 4 is 17.4 Å². The molecule has 0 aliphatic heterocycles. The molecule has 0 saturated heterocycles. The van der Waals surface area contributed by atoms with Gasteiger partial charge < -0.3 is 14.2 Å². The minimum absolute atomic E-state index is 0.0434.